The summed E-state index contributed by atoms with van der Waals surface area (Å²) in [6.45, 7) is 0. The fourth-order valence-electron chi connectivity index (χ4n) is 2.85. The van der Waals surface area contributed by atoms with Crippen LogP contribution in [0.15, 0.2) is 36.7 Å². The van der Waals surface area contributed by atoms with E-state index < -0.39 is 0 Å². The summed E-state index contributed by atoms with van der Waals surface area (Å²) < 4.78 is 0. The number of aryl methyl sites for hydroxylation is 1. The molecule has 0 spiro atoms. The minimum absolute atomic E-state index is 0.369. The minimum atomic E-state index is 0.369. The van der Waals surface area contributed by atoms with E-state index in [1.54, 1.807) is 12.4 Å². The van der Waals surface area contributed by atoms with Gasteiger partial charge in [-0.15, -0.1) is 0 Å². The van der Waals surface area contributed by atoms with Gasteiger partial charge < -0.3 is 4.90 Å². The molecule has 3 rings (SSSR count). The van der Waals surface area contributed by atoms with E-state index in [0.717, 1.165) is 19.3 Å². The van der Waals surface area contributed by atoms with Gasteiger partial charge in [-0.1, -0.05) is 24.3 Å². The number of hydrogen-bond acceptors (Lipinski definition) is 4. The SMILES string of the molecule is CN(c1nccnc1C#N)[C@H]1CCc2ccccc2C1. The van der Waals surface area contributed by atoms with Gasteiger partial charge in [-0.05, 0) is 30.4 Å². The number of likely N-dealkylation sites (N-methyl/N-ethyl adjacent to an activating group) is 1. The van der Waals surface area contributed by atoms with E-state index in [-0.39, 0.29) is 0 Å². The zero-order valence-electron chi connectivity index (χ0n) is 11.5. The third-order valence-corrected chi connectivity index (χ3v) is 3.99. The highest BCUT2D eigenvalue weighted by molar-refractivity contribution is 5.50. The Morgan fingerprint density at radius 2 is 1.95 bits per heavy atom. The van der Waals surface area contributed by atoms with Crippen LogP contribution in [0.2, 0.25) is 0 Å². The second-order valence-corrected chi connectivity index (χ2v) is 5.12. The molecule has 1 aliphatic rings. The molecule has 100 valence electrons. The second-order valence-electron chi connectivity index (χ2n) is 5.12. The fraction of sp³-hybridized carbons (Fsp3) is 0.312. The minimum Gasteiger partial charge on any atom is -0.354 e. The molecule has 0 saturated heterocycles. The van der Waals surface area contributed by atoms with Crippen molar-refractivity contribution in [3.05, 3.63) is 53.5 Å². The normalized spacial score (nSPS) is 17.1. The molecule has 20 heavy (non-hydrogen) atoms. The third-order valence-electron chi connectivity index (χ3n) is 3.99. The summed E-state index contributed by atoms with van der Waals surface area (Å²) in [6.07, 6.45) is 6.35. The van der Waals surface area contributed by atoms with Crippen LogP contribution in [0.1, 0.15) is 23.2 Å². The fourth-order valence-corrected chi connectivity index (χ4v) is 2.85. The first-order valence-corrected chi connectivity index (χ1v) is 6.80. The number of benzene rings is 1. The first-order chi connectivity index (χ1) is 9.79. The Balaban J connectivity index is 1.86. The van der Waals surface area contributed by atoms with Gasteiger partial charge in [0.15, 0.2) is 11.5 Å². The number of anilines is 1. The Bertz CT molecular complexity index is 660. The van der Waals surface area contributed by atoms with Crippen molar-refractivity contribution < 1.29 is 0 Å². The maximum atomic E-state index is 9.14. The number of nitrogens with zero attached hydrogens (tertiary/aromatic N) is 4. The summed E-state index contributed by atoms with van der Waals surface area (Å²) in [4.78, 5) is 10.5. The van der Waals surface area contributed by atoms with Crippen molar-refractivity contribution in [3.63, 3.8) is 0 Å². The molecule has 0 fully saturated rings. The molecule has 0 saturated carbocycles. The lowest BCUT2D eigenvalue weighted by Crippen LogP contribution is -2.37. The summed E-state index contributed by atoms with van der Waals surface area (Å²) in [6, 6.07) is 11.1. The lowest BCUT2D eigenvalue weighted by atomic mass is 9.87. The number of aromatic nitrogens is 2. The number of rotatable bonds is 2. The van der Waals surface area contributed by atoms with Gasteiger partial charge in [-0.25, -0.2) is 9.97 Å². The summed E-state index contributed by atoms with van der Waals surface area (Å²) >= 11 is 0. The Morgan fingerprint density at radius 1 is 1.20 bits per heavy atom. The molecule has 1 heterocycles. The van der Waals surface area contributed by atoms with Crippen LogP contribution in [0.3, 0.4) is 0 Å². The zero-order chi connectivity index (χ0) is 13.9. The lowest BCUT2D eigenvalue weighted by molar-refractivity contribution is 0.543. The molecule has 1 aromatic heterocycles. The van der Waals surface area contributed by atoms with Gasteiger partial charge in [0.05, 0.1) is 0 Å². The average Bonchev–Trinajstić information content (AvgIpc) is 2.53. The standard InChI is InChI=1S/C16H16N4/c1-20(16-15(11-17)18-8-9-19-16)14-7-6-12-4-2-3-5-13(12)10-14/h2-5,8-9,14H,6-7,10H2,1H3/t14-/m0/s1. The predicted octanol–water partition coefficient (Wildman–Crippen LogP) is 2.34. The van der Waals surface area contributed by atoms with Crippen molar-refractivity contribution in [1.82, 2.24) is 9.97 Å². The van der Waals surface area contributed by atoms with Gasteiger partial charge in [0.2, 0.25) is 0 Å². The van der Waals surface area contributed by atoms with Crippen molar-refractivity contribution in [2.45, 2.75) is 25.3 Å². The topological polar surface area (TPSA) is 52.8 Å². The molecular weight excluding hydrogens is 248 g/mol. The molecule has 1 aliphatic carbocycles. The molecule has 0 N–H and O–H groups in total. The Labute approximate surface area is 118 Å². The summed E-state index contributed by atoms with van der Waals surface area (Å²) in [5.74, 6) is 0.680. The largest absolute Gasteiger partial charge is 0.354 e. The van der Waals surface area contributed by atoms with Crippen LogP contribution in [0.25, 0.3) is 0 Å². The summed E-state index contributed by atoms with van der Waals surface area (Å²) in [5, 5.41) is 9.14. The molecule has 2 aromatic rings. The zero-order valence-corrected chi connectivity index (χ0v) is 11.5. The molecule has 1 aromatic carbocycles. The van der Waals surface area contributed by atoms with E-state index in [0.29, 0.717) is 17.6 Å². The third kappa shape index (κ3) is 2.23. The predicted molar refractivity (Wildman–Crippen MR) is 77.4 cm³/mol. The van der Waals surface area contributed by atoms with E-state index in [1.165, 1.54) is 11.1 Å². The maximum Gasteiger partial charge on any atom is 0.183 e. The smallest absolute Gasteiger partial charge is 0.183 e. The van der Waals surface area contributed by atoms with Crippen LogP contribution in [0, 0.1) is 11.3 Å². The average molecular weight is 264 g/mol. The molecule has 0 aliphatic heterocycles. The monoisotopic (exact) mass is 264 g/mol. The van der Waals surface area contributed by atoms with E-state index >= 15 is 0 Å². The van der Waals surface area contributed by atoms with Gasteiger partial charge in [0.1, 0.15) is 6.07 Å². The van der Waals surface area contributed by atoms with E-state index in [1.807, 2.05) is 7.05 Å². The van der Waals surface area contributed by atoms with Crippen LogP contribution in [0.5, 0.6) is 0 Å². The van der Waals surface area contributed by atoms with E-state index in [2.05, 4.69) is 45.2 Å². The van der Waals surface area contributed by atoms with Crippen molar-refractivity contribution in [2.24, 2.45) is 0 Å². The van der Waals surface area contributed by atoms with Gasteiger partial charge in [-0.2, -0.15) is 5.26 Å². The quantitative estimate of drug-likeness (QED) is 0.835. The number of nitriles is 1. The van der Waals surface area contributed by atoms with Crippen LogP contribution in [-0.4, -0.2) is 23.1 Å². The molecule has 0 amide bonds. The van der Waals surface area contributed by atoms with Crippen molar-refractivity contribution in [2.75, 3.05) is 11.9 Å². The molecule has 4 nitrogen and oxygen atoms in total. The molecule has 1 atom stereocenters. The van der Waals surface area contributed by atoms with Gasteiger partial charge in [-0.3, -0.25) is 0 Å². The van der Waals surface area contributed by atoms with Gasteiger partial charge in [0.25, 0.3) is 0 Å². The first kappa shape index (κ1) is 12.6. The first-order valence-electron chi connectivity index (χ1n) is 6.80. The highest BCUT2D eigenvalue weighted by Gasteiger charge is 2.24. The Kier molecular flexibility index (Phi) is 3.34. The van der Waals surface area contributed by atoms with Gasteiger partial charge >= 0.3 is 0 Å². The molecular formula is C16H16N4. The van der Waals surface area contributed by atoms with E-state index in [9.17, 15) is 0 Å². The van der Waals surface area contributed by atoms with Crippen LogP contribution < -0.4 is 4.90 Å². The van der Waals surface area contributed by atoms with Crippen LogP contribution in [0.4, 0.5) is 5.82 Å². The maximum absolute atomic E-state index is 9.14. The highest BCUT2D eigenvalue weighted by Crippen LogP contribution is 2.26. The lowest BCUT2D eigenvalue weighted by Gasteiger charge is -2.33. The number of fused-ring (bicyclic) bond motifs is 1. The second kappa shape index (κ2) is 5.30. The molecule has 0 radical (unpaired) electrons. The molecule has 4 heteroatoms. The van der Waals surface area contributed by atoms with Crippen LogP contribution in [-0.2, 0) is 12.8 Å². The molecule has 0 bridgehead atoms. The van der Waals surface area contributed by atoms with Crippen LogP contribution >= 0.6 is 0 Å². The number of hydrogen-bond donors (Lipinski definition) is 0. The summed E-state index contributed by atoms with van der Waals surface area (Å²) in [5.41, 5.74) is 3.24. The highest BCUT2D eigenvalue weighted by atomic mass is 15.2. The van der Waals surface area contributed by atoms with Crippen molar-refractivity contribution >= 4 is 5.82 Å². The summed E-state index contributed by atoms with van der Waals surface area (Å²) in [7, 11) is 2.00. The van der Waals surface area contributed by atoms with E-state index in [4.69, 9.17) is 5.26 Å². The van der Waals surface area contributed by atoms with Gasteiger partial charge in [0, 0.05) is 25.5 Å². The van der Waals surface area contributed by atoms with Crippen molar-refractivity contribution in [3.8, 4) is 6.07 Å². The Hall–Kier alpha value is -2.41. The van der Waals surface area contributed by atoms with Crippen molar-refractivity contribution in [1.29, 1.82) is 5.26 Å². The molecule has 0 unspecified atom stereocenters. The Morgan fingerprint density at radius 3 is 2.75 bits per heavy atom.